The summed E-state index contributed by atoms with van der Waals surface area (Å²) in [5.74, 6) is -0.163. The lowest BCUT2D eigenvalue weighted by atomic mass is 9.79. The molecular weight excluding hydrogens is 288 g/mol. The Morgan fingerprint density at radius 2 is 1.76 bits per heavy atom. The summed E-state index contributed by atoms with van der Waals surface area (Å²) in [5.41, 5.74) is -0.290. The molecule has 0 atom stereocenters. The van der Waals surface area contributed by atoms with Gasteiger partial charge in [-0.1, -0.05) is 23.7 Å². The molecule has 2 rings (SSSR count). The molecule has 1 amide bonds. The van der Waals surface area contributed by atoms with Gasteiger partial charge in [0.05, 0.1) is 10.6 Å². The Labute approximate surface area is 131 Å². The van der Waals surface area contributed by atoms with Gasteiger partial charge in [-0.25, -0.2) is 0 Å². The number of rotatable bonds is 2. The normalized spacial score (nSPS) is 22.0. The van der Waals surface area contributed by atoms with E-state index in [9.17, 15) is 10.0 Å². The molecule has 1 aromatic carbocycles. The molecular formula is C16H23ClN2O2. The van der Waals surface area contributed by atoms with Gasteiger partial charge in [0.25, 0.3) is 5.91 Å². The predicted octanol–water partition coefficient (Wildman–Crippen LogP) is 3.48. The number of carbonyl (C=O) groups excluding carboxylic acids is 1. The molecule has 4 nitrogen and oxygen atoms in total. The number of nitrogens with one attached hydrogen (secondary N) is 1. The Kier molecular flexibility index (Phi) is 4.34. The molecule has 21 heavy (non-hydrogen) atoms. The molecule has 0 radical (unpaired) electrons. The monoisotopic (exact) mass is 310 g/mol. The Balaban J connectivity index is 2.14. The first-order valence-electron chi connectivity index (χ1n) is 7.18. The molecule has 2 N–H and O–H groups in total. The van der Waals surface area contributed by atoms with E-state index < -0.39 is 0 Å². The maximum Gasteiger partial charge on any atom is 0.253 e. The van der Waals surface area contributed by atoms with Gasteiger partial charge in [-0.15, -0.1) is 0 Å². The molecule has 5 heteroatoms. The number of hydrogen-bond donors (Lipinski definition) is 2. The summed E-state index contributed by atoms with van der Waals surface area (Å²) >= 11 is 6.06. The van der Waals surface area contributed by atoms with Crippen molar-refractivity contribution in [1.29, 1.82) is 0 Å². The van der Waals surface area contributed by atoms with Crippen molar-refractivity contribution in [3.63, 3.8) is 0 Å². The van der Waals surface area contributed by atoms with Crippen LogP contribution in [0.1, 0.15) is 50.9 Å². The van der Waals surface area contributed by atoms with Crippen LogP contribution in [0, 0.1) is 0 Å². The van der Waals surface area contributed by atoms with Gasteiger partial charge in [-0.05, 0) is 52.7 Å². The van der Waals surface area contributed by atoms with Crippen molar-refractivity contribution in [3.8, 4) is 0 Å². The van der Waals surface area contributed by atoms with Gasteiger partial charge in [0.2, 0.25) is 0 Å². The zero-order valence-corrected chi connectivity index (χ0v) is 13.7. The summed E-state index contributed by atoms with van der Waals surface area (Å²) in [6.45, 7) is 7.90. The second-order valence-corrected chi connectivity index (χ2v) is 7.40. The van der Waals surface area contributed by atoms with Gasteiger partial charge in [0.15, 0.2) is 0 Å². The second kappa shape index (κ2) is 5.59. The zero-order valence-electron chi connectivity index (χ0n) is 13.0. The van der Waals surface area contributed by atoms with Gasteiger partial charge in [-0.2, -0.15) is 5.06 Å². The third-order valence-corrected chi connectivity index (χ3v) is 4.42. The number of piperidine rings is 1. The molecule has 0 spiro atoms. The van der Waals surface area contributed by atoms with Crippen LogP contribution in [0.5, 0.6) is 0 Å². The lowest BCUT2D eigenvalue weighted by Crippen LogP contribution is -2.62. The van der Waals surface area contributed by atoms with Gasteiger partial charge in [0.1, 0.15) is 0 Å². The first-order chi connectivity index (χ1) is 9.63. The van der Waals surface area contributed by atoms with Crippen molar-refractivity contribution in [2.45, 2.75) is 57.7 Å². The van der Waals surface area contributed by atoms with Crippen LogP contribution in [0.15, 0.2) is 24.3 Å². The minimum Gasteiger partial charge on any atom is -0.349 e. The SMILES string of the molecule is CC1(C)CC(NC(=O)c2ccccc2Cl)CC(C)(C)N1O. The molecule has 0 unspecified atom stereocenters. The Morgan fingerprint density at radius 1 is 1.24 bits per heavy atom. The summed E-state index contributed by atoms with van der Waals surface area (Å²) in [7, 11) is 0. The highest BCUT2D eigenvalue weighted by Crippen LogP contribution is 2.36. The predicted molar refractivity (Wildman–Crippen MR) is 83.7 cm³/mol. The second-order valence-electron chi connectivity index (χ2n) is 7.00. The fourth-order valence-corrected chi connectivity index (χ4v) is 3.50. The quantitative estimate of drug-likeness (QED) is 0.879. The highest BCUT2D eigenvalue weighted by atomic mass is 35.5. The topological polar surface area (TPSA) is 52.6 Å². The van der Waals surface area contributed by atoms with Crippen LogP contribution in [-0.2, 0) is 0 Å². The van der Waals surface area contributed by atoms with Crippen LogP contribution >= 0.6 is 11.6 Å². The average Bonchev–Trinajstić information content (AvgIpc) is 2.35. The van der Waals surface area contributed by atoms with Crippen molar-refractivity contribution in [2.75, 3.05) is 0 Å². The fourth-order valence-electron chi connectivity index (χ4n) is 3.28. The van der Waals surface area contributed by atoms with Gasteiger partial charge >= 0.3 is 0 Å². The first kappa shape index (κ1) is 16.3. The van der Waals surface area contributed by atoms with E-state index in [1.165, 1.54) is 5.06 Å². The third-order valence-electron chi connectivity index (χ3n) is 4.09. The summed E-state index contributed by atoms with van der Waals surface area (Å²) in [4.78, 5) is 12.4. The number of nitrogens with zero attached hydrogens (tertiary/aromatic N) is 1. The number of hydroxylamine groups is 2. The van der Waals surface area contributed by atoms with E-state index in [-0.39, 0.29) is 23.0 Å². The standard InChI is InChI=1S/C16H23ClN2O2/c1-15(2)9-11(10-16(3,4)19(15)21)18-14(20)12-7-5-6-8-13(12)17/h5-8,11,21H,9-10H2,1-4H3,(H,18,20). The number of carbonyl (C=O) groups is 1. The summed E-state index contributed by atoms with van der Waals surface area (Å²) in [6, 6.07) is 7.03. The lowest BCUT2D eigenvalue weighted by molar-refractivity contribution is -0.245. The maximum absolute atomic E-state index is 12.4. The van der Waals surface area contributed by atoms with E-state index in [4.69, 9.17) is 11.6 Å². The minimum absolute atomic E-state index is 0.00201. The van der Waals surface area contributed by atoms with Crippen molar-refractivity contribution in [3.05, 3.63) is 34.9 Å². The van der Waals surface area contributed by atoms with Gasteiger partial charge in [0, 0.05) is 17.1 Å². The van der Waals surface area contributed by atoms with Crippen LogP contribution in [0.2, 0.25) is 5.02 Å². The molecule has 0 aliphatic carbocycles. The van der Waals surface area contributed by atoms with E-state index in [0.717, 1.165) is 0 Å². The molecule has 0 aromatic heterocycles. The number of benzene rings is 1. The largest absolute Gasteiger partial charge is 0.349 e. The lowest BCUT2D eigenvalue weighted by Gasteiger charge is -2.51. The maximum atomic E-state index is 12.4. The van der Waals surface area contributed by atoms with E-state index in [1.54, 1.807) is 24.3 Å². The van der Waals surface area contributed by atoms with E-state index >= 15 is 0 Å². The summed E-state index contributed by atoms with van der Waals surface area (Å²) in [5, 5.41) is 15.2. The van der Waals surface area contributed by atoms with Crippen molar-refractivity contribution in [2.24, 2.45) is 0 Å². The van der Waals surface area contributed by atoms with Gasteiger partial charge in [-0.3, -0.25) is 4.79 Å². The average molecular weight is 311 g/mol. The molecule has 1 aliphatic rings. The summed E-state index contributed by atoms with van der Waals surface area (Å²) in [6.07, 6.45) is 1.37. The van der Waals surface area contributed by atoms with Crippen molar-refractivity contribution in [1.82, 2.24) is 10.4 Å². The van der Waals surface area contributed by atoms with Crippen LogP contribution in [0.25, 0.3) is 0 Å². The van der Waals surface area contributed by atoms with Crippen molar-refractivity contribution < 1.29 is 10.0 Å². The Bertz CT molecular complexity index is 525. The zero-order chi connectivity index (χ0) is 15.8. The first-order valence-corrected chi connectivity index (χ1v) is 7.56. The molecule has 116 valence electrons. The number of amides is 1. The molecule has 1 fully saturated rings. The fraction of sp³-hybridized carbons (Fsp3) is 0.562. The van der Waals surface area contributed by atoms with Crippen LogP contribution in [-0.4, -0.2) is 33.3 Å². The molecule has 1 heterocycles. The van der Waals surface area contributed by atoms with E-state index in [2.05, 4.69) is 5.32 Å². The van der Waals surface area contributed by atoms with Crippen LogP contribution < -0.4 is 5.32 Å². The number of hydrogen-bond acceptors (Lipinski definition) is 3. The third kappa shape index (κ3) is 3.39. The molecule has 1 aromatic rings. The Hall–Kier alpha value is -1.10. The van der Waals surface area contributed by atoms with E-state index in [1.807, 2.05) is 27.7 Å². The highest BCUT2D eigenvalue weighted by molar-refractivity contribution is 6.33. The Morgan fingerprint density at radius 3 is 2.29 bits per heavy atom. The summed E-state index contributed by atoms with van der Waals surface area (Å²) < 4.78 is 0. The van der Waals surface area contributed by atoms with Crippen LogP contribution in [0.4, 0.5) is 0 Å². The minimum atomic E-state index is -0.389. The molecule has 0 bridgehead atoms. The van der Waals surface area contributed by atoms with Crippen LogP contribution in [0.3, 0.4) is 0 Å². The smallest absolute Gasteiger partial charge is 0.253 e. The van der Waals surface area contributed by atoms with Crippen molar-refractivity contribution >= 4 is 17.5 Å². The number of halogens is 1. The van der Waals surface area contributed by atoms with Gasteiger partial charge < -0.3 is 10.5 Å². The highest BCUT2D eigenvalue weighted by Gasteiger charge is 2.45. The van der Waals surface area contributed by atoms with E-state index in [0.29, 0.717) is 23.4 Å². The molecule has 1 aliphatic heterocycles. The molecule has 0 saturated carbocycles. The molecule has 1 saturated heterocycles.